The minimum absolute atomic E-state index is 0.0147. The summed E-state index contributed by atoms with van der Waals surface area (Å²) >= 11 is 0. The molecule has 0 aromatic heterocycles. The van der Waals surface area contributed by atoms with Crippen LogP contribution < -0.4 is 0 Å². The fourth-order valence-electron chi connectivity index (χ4n) is 12.7. The Balaban J connectivity index is 1.75. The van der Waals surface area contributed by atoms with Crippen LogP contribution >= 0.6 is 0 Å². The van der Waals surface area contributed by atoms with Gasteiger partial charge in [-0.05, 0) is 130 Å². The number of carbonyl (C=O) groups is 1. The van der Waals surface area contributed by atoms with Gasteiger partial charge < -0.3 is 13.6 Å². The summed E-state index contributed by atoms with van der Waals surface area (Å²) in [6, 6.07) is 42.5. The molecule has 0 aliphatic heterocycles. The lowest BCUT2D eigenvalue weighted by Gasteiger charge is -2.60. The predicted octanol–water partition coefficient (Wildman–Crippen LogP) is 18.0. The summed E-state index contributed by atoms with van der Waals surface area (Å²) in [7, 11) is -7.59. The van der Waals surface area contributed by atoms with E-state index in [0.717, 1.165) is 56.9 Å². The van der Waals surface area contributed by atoms with Crippen LogP contribution in [-0.4, -0.2) is 47.5 Å². The van der Waals surface area contributed by atoms with Crippen molar-refractivity contribution >= 4 is 30.5 Å². The van der Waals surface area contributed by atoms with E-state index in [1.807, 2.05) is 55.5 Å². The van der Waals surface area contributed by atoms with Crippen LogP contribution in [0.15, 0.2) is 121 Å². The zero-order chi connectivity index (χ0) is 51.1. The fraction of sp³-hybridized carbons (Fsp3) is 0.590. The molecule has 0 saturated carbocycles. The standard InChI is InChI=1S/C61H96O4Si3/c1-20-58(13,64-67(16,17)57(11,12)48-59(21-2,22-3)53(50-40-32-27-33-41-50)46-49-38-30-26-31-39-49)68(18,19)65-60(23-4,24-5)66(14,15)56(9,10)47-55(7,8)61(63-25-6,52-44-36-29-37-45-52)54(62)51-42-34-28-35-43-51/h26-45,53H,20-25,46-48H2,1-19H3. The van der Waals surface area contributed by atoms with Gasteiger partial charge in [-0.1, -0.05) is 211 Å². The molecule has 7 heteroatoms. The molecule has 4 aromatic rings. The lowest BCUT2D eigenvalue weighted by atomic mass is 9.62. The van der Waals surface area contributed by atoms with Crippen molar-refractivity contribution in [1.82, 2.24) is 0 Å². The van der Waals surface area contributed by atoms with Gasteiger partial charge in [-0.15, -0.1) is 0 Å². The lowest BCUT2D eigenvalue weighted by Crippen LogP contribution is -2.70. The van der Waals surface area contributed by atoms with Crippen LogP contribution in [0.3, 0.4) is 0 Å². The number of ketones is 1. The SMILES string of the molecule is CCOC(C(=O)c1ccccc1)(c1ccccc1)C(C)(C)CC(C)(C)[Si](C)(C)C(CC)(CC)O[Si](C)(C)C(C)(CC)O[Si](C)(C)C(C)(C)CC(CC)(CC)C(Cc1ccccc1)c1ccccc1. The molecular formula is C61H96O4Si3. The van der Waals surface area contributed by atoms with Crippen molar-refractivity contribution in [1.29, 1.82) is 0 Å². The van der Waals surface area contributed by atoms with Crippen molar-refractivity contribution in [3.8, 4) is 0 Å². The van der Waals surface area contributed by atoms with Crippen molar-refractivity contribution in [3.05, 3.63) is 144 Å². The van der Waals surface area contributed by atoms with Gasteiger partial charge in [0.2, 0.25) is 8.32 Å². The summed E-state index contributed by atoms with van der Waals surface area (Å²) in [4.78, 5) is 15.2. The Kier molecular flexibility index (Phi) is 18.9. The van der Waals surface area contributed by atoms with Gasteiger partial charge in [-0.25, -0.2) is 0 Å². The summed E-state index contributed by atoms with van der Waals surface area (Å²) in [5.74, 6) is 0.399. The Morgan fingerprint density at radius 3 is 1.46 bits per heavy atom. The molecule has 376 valence electrons. The number of benzene rings is 4. The van der Waals surface area contributed by atoms with E-state index < -0.39 is 40.9 Å². The van der Waals surface area contributed by atoms with Gasteiger partial charge in [0.25, 0.3) is 0 Å². The van der Waals surface area contributed by atoms with Crippen LogP contribution in [0, 0.1) is 10.8 Å². The molecule has 0 bridgehead atoms. The highest BCUT2D eigenvalue weighted by molar-refractivity contribution is 6.85. The van der Waals surface area contributed by atoms with E-state index in [0.29, 0.717) is 18.1 Å². The first kappa shape index (κ1) is 57.7. The third-order valence-electron chi connectivity index (χ3n) is 18.6. The average molecular weight is 978 g/mol. The van der Waals surface area contributed by atoms with Crippen LogP contribution in [0.2, 0.25) is 49.4 Å². The first-order valence-electron chi connectivity index (χ1n) is 26.4. The maximum absolute atomic E-state index is 15.2. The van der Waals surface area contributed by atoms with Gasteiger partial charge in [0, 0.05) is 22.8 Å². The summed E-state index contributed by atoms with van der Waals surface area (Å²) in [5, 5.41) is -0.985. The van der Waals surface area contributed by atoms with Crippen molar-refractivity contribution in [3.63, 3.8) is 0 Å². The minimum atomic E-state index is -2.67. The van der Waals surface area contributed by atoms with Gasteiger partial charge >= 0.3 is 0 Å². The Morgan fingerprint density at radius 2 is 1.00 bits per heavy atom. The lowest BCUT2D eigenvalue weighted by molar-refractivity contribution is -0.102. The van der Waals surface area contributed by atoms with E-state index in [2.05, 4.69) is 195 Å². The highest BCUT2D eigenvalue weighted by Crippen LogP contribution is 2.61. The number of hydrogen-bond donors (Lipinski definition) is 0. The molecule has 4 aromatic carbocycles. The van der Waals surface area contributed by atoms with E-state index in [9.17, 15) is 0 Å². The second-order valence-electron chi connectivity index (χ2n) is 24.0. The quantitative estimate of drug-likeness (QED) is 0.0441. The van der Waals surface area contributed by atoms with Gasteiger partial charge in [0.05, 0.1) is 13.3 Å². The van der Waals surface area contributed by atoms with Gasteiger partial charge in [-0.2, -0.15) is 0 Å². The average Bonchev–Trinajstić information content (AvgIpc) is 3.31. The molecule has 0 aliphatic carbocycles. The summed E-state index contributed by atoms with van der Waals surface area (Å²) < 4.78 is 23.1. The number of carbonyl (C=O) groups excluding carboxylic acids is 1. The van der Waals surface area contributed by atoms with E-state index in [1.165, 1.54) is 11.1 Å². The second-order valence-corrected chi connectivity index (χ2v) is 38.4. The van der Waals surface area contributed by atoms with Crippen LogP contribution in [0.25, 0.3) is 0 Å². The summed E-state index contributed by atoms with van der Waals surface area (Å²) in [6.45, 7) is 46.3. The maximum Gasteiger partial charge on any atom is 0.216 e. The molecular weight excluding hydrogens is 881 g/mol. The highest BCUT2D eigenvalue weighted by atomic mass is 28.4. The molecule has 0 N–H and O–H groups in total. The molecule has 0 fully saturated rings. The van der Waals surface area contributed by atoms with E-state index in [-0.39, 0.29) is 26.5 Å². The predicted molar refractivity (Wildman–Crippen MR) is 301 cm³/mol. The number of ether oxygens (including phenoxy) is 1. The molecule has 0 amide bonds. The Morgan fingerprint density at radius 1 is 0.529 bits per heavy atom. The van der Waals surface area contributed by atoms with Crippen molar-refractivity contribution < 1.29 is 18.4 Å². The maximum atomic E-state index is 15.2. The largest absolute Gasteiger partial charge is 0.412 e. The van der Waals surface area contributed by atoms with Gasteiger partial charge in [0.1, 0.15) is 0 Å². The van der Waals surface area contributed by atoms with Crippen LogP contribution in [0.1, 0.15) is 168 Å². The van der Waals surface area contributed by atoms with Crippen LogP contribution in [0.5, 0.6) is 0 Å². The van der Waals surface area contributed by atoms with Crippen molar-refractivity contribution in [2.24, 2.45) is 10.8 Å². The third kappa shape index (κ3) is 11.2. The van der Waals surface area contributed by atoms with Crippen LogP contribution in [-0.2, 0) is 25.6 Å². The Hall–Kier alpha value is -2.92. The topological polar surface area (TPSA) is 44.8 Å². The minimum Gasteiger partial charge on any atom is -0.412 e. The normalized spacial score (nSPS) is 15.9. The van der Waals surface area contributed by atoms with Crippen molar-refractivity contribution in [2.45, 2.75) is 213 Å². The van der Waals surface area contributed by atoms with Gasteiger partial charge in [-0.3, -0.25) is 4.79 Å². The molecule has 0 saturated heterocycles. The molecule has 68 heavy (non-hydrogen) atoms. The number of hydrogen-bond acceptors (Lipinski definition) is 4. The monoisotopic (exact) mass is 977 g/mol. The third-order valence-corrected chi connectivity index (χ3v) is 34.0. The van der Waals surface area contributed by atoms with Gasteiger partial charge in [0.15, 0.2) is 19.7 Å². The zero-order valence-electron chi connectivity index (χ0n) is 46.6. The molecule has 0 spiro atoms. The first-order chi connectivity index (χ1) is 31.6. The highest BCUT2D eigenvalue weighted by Gasteiger charge is 2.63. The Bertz CT molecular complexity index is 2160. The van der Waals surface area contributed by atoms with Crippen LogP contribution in [0.4, 0.5) is 0 Å². The molecule has 0 radical (unpaired) electrons. The molecule has 0 heterocycles. The second kappa shape index (κ2) is 22.2. The van der Waals surface area contributed by atoms with E-state index in [1.54, 1.807) is 0 Å². The van der Waals surface area contributed by atoms with E-state index >= 15 is 4.79 Å². The molecule has 4 rings (SSSR count). The van der Waals surface area contributed by atoms with Crippen molar-refractivity contribution in [2.75, 3.05) is 6.61 Å². The molecule has 3 unspecified atom stereocenters. The first-order valence-corrected chi connectivity index (χ1v) is 35.2. The zero-order valence-corrected chi connectivity index (χ0v) is 49.6. The Labute approximate surface area is 420 Å². The summed E-state index contributed by atoms with van der Waals surface area (Å²) in [6.07, 6.45) is 7.85. The van der Waals surface area contributed by atoms with E-state index in [4.69, 9.17) is 13.6 Å². The molecule has 0 aliphatic rings. The number of rotatable bonds is 27. The fourth-order valence-corrected chi connectivity index (χ4v) is 24.8. The summed E-state index contributed by atoms with van der Waals surface area (Å²) in [5.41, 5.74) is 2.71. The number of Topliss-reactive ketones (excluding diaryl/α,β-unsaturated/α-hetero) is 1. The smallest absolute Gasteiger partial charge is 0.216 e. The molecule has 3 atom stereocenters. The molecule has 4 nitrogen and oxygen atoms in total.